The van der Waals surface area contributed by atoms with Gasteiger partial charge < -0.3 is 21.0 Å². The topological polar surface area (TPSA) is 147 Å². The Labute approximate surface area is 174 Å². The van der Waals surface area contributed by atoms with Crippen LogP contribution in [0, 0.1) is 0 Å². The van der Waals surface area contributed by atoms with Gasteiger partial charge in [-0.2, -0.15) is 0 Å². The first-order chi connectivity index (χ1) is 13.7. The van der Waals surface area contributed by atoms with Crippen LogP contribution in [0.15, 0.2) is 34.5 Å². The van der Waals surface area contributed by atoms with E-state index in [1.54, 1.807) is 19.2 Å². The third kappa shape index (κ3) is 3.98. The molecule has 29 heavy (non-hydrogen) atoms. The first-order valence-corrected chi connectivity index (χ1v) is 10.5. The molecule has 2 atom stereocenters. The van der Waals surface area contributed by atoms with E-state index in [4.69, 9.17) is 10.6 Å². The number of anilines is 1. The van der Waals surface area contributed by atoms with Gasteiger partial charge in [0.2, 0.25) is 0 Å². The molecule has 1 aromatic heterocycles. The number of carboxylic acid groups (broad SMARTS) is 1. The molecule has 1 aromatic rings. The maximum Gasteiger partial charge on any atom is 0.352 e. The number of nitrogens with two attached hydrogens (primary N) is 1. The molecule has 2 aliphatic rings. The summed E-state index contributed by atoms with van der Waals surface area (Å²) in [6.45, 7) is 7.09. The number of amides is 2. The normalized spacial score (nSPS) is 21.6. The molecule has 4 N–H and O–H groups in total. The van der Waals surface area contributed by atoms with Crippen molar-refractivity contribution < 1.29 is 24.3 Å². The Hall–Kier alpha value is -2.86. The zero-order valence-corrected chi connectivity index (χ0v) is 17.2. The van der Waals surface area contributed by atoms with Gasteiger partial charge in [-0.3, -0.25) is 14.5 Å². The number of aliphatic carboxylic acids is 1. The quantitative estimate of drug-likeness (QED) is 0.322. The highest BCUT2D eigenvalue weighted by Crippen LogP contribution is 2.40. The lowest BCUT2D eigenvalue weighted by molar-refractivity contribution is -0.150. The number of hydrogen-bond donors (Lipinski definition) is 3. The van der Waals surface area contributed by atoms with Crippen LogP contribution in [0.2, 0.25) is 0 Å². The minimum atomic E-state index is -1.21. The van der Waals surface area contributed by atoms with E-state index in [0.29, 0.717) is 11.3 Å². The Morgan fingerprint density at radius 3 is 2.83 bits per heavy atom. The van der Waals surface area contributed by atoms with Crippen molar-refractivity contribution in [2.45, 2.75) is 31.4 Å². The Kier molecular flexibility index (Phi) is 5.94. The molecule has 12 heteroatoms. The zero-order valence-electron chi connectivity index (χ0n) is 15.6. The van der Waals surface area contributed by atoms with Crippen LogP contribution >= 0.6 is 23.1 Å². The molecule has 0 radical (unpaired) electrons. The molecule has 0 aliphatic carbocycles. The van der Waals surface area contributed by atoms with Gasteiger partial charge in [0.05, 0.1) is 0 Å². The molecule has 0 saturated carbocycles. The van der Waals surface area contributed by atoms with E-state index in [-0.39, 0.29) is 28.3 Å². The van der Waals surface area contributed by atoms with Gasteiger partial charge in [0.15, 0.2) is 10.8 Å². The third-order valence-corrected chi connectivity index (χ3v) is 6.04. The van der Waals surface area contributed by atoms with Crippen LogP contribution in [-0.4, -0.2) is 61.8 Å². The van der Waals surface area contributed by atoms with Crippen molar-refractivity contribution in [1.82, 2.24) is 15.2 Å². The molecular weight excluding hydrogens is 418 g/mol. The number of carboxylic acids is 1. The maximum atomic E-state index is 12.8. The van der Waals surface area contributed by atoms with Crippen LogP contribution in [0.4, 0.5) is 5.13 Å². The number of rotatable bonds is 7. The molecule has 3 rings (SSSR count). The number of hydrogen-bond acceptors (Lipinski definition) is 9. The van der Waals surface area contributed by atoms with E-state index in [1.165, 1.54) is 22.7 Å². The number of nitrogen functional groups attached to an aromatic ring is 1. The lowest BCUT2D eigenvalue weighted by Gasteiger charge is -2.49. The molecular formula is C17H19N5O5S2. The van der Waals surface area contributed by atoms with E-state index in [0.717, 1.165) is 11.3 Å². The molecule has 154 valence electrons. The molecule has 0 spiro atoms. The summed E-state index contributed by atoms with van der Waals surface area (Å²) in [6, 6.07) is -0.895. The molecule has 0 aromatic carbocycles. The van der Waals surface area contributed by atoms with Crippen molar-refractivity contribution in [2.24, 2.45) is 5.16 Å². The number of thioether (sulfide) groups is 1. The van der Waals surface area contributed by atoms with E-state index < -0.39 is 29.2 Å². The number of carbonyl (C=O) groups is 3. The largest absolute Gasteiger partial charge is 0.477 e. The summed E-state index contributed by atoms with van der Waals surface area (Å²) in [7, 11) is 0. The second-order valence-electron chi connectivity index (χ2n) is 6.41. The molecule has 1 unspecified atom stereocenters. The van der Waals surface area contributed by atoms with Crippen LogP contribution in [-0.2, 0) is 19.2 Å². The average molecular weight is 438 g/mol. The Bertz CT molecular complexity index is 938. The number of fused-ring (bicyclic) bond motifs is 1. The van der Waals surface area contributed by atoms with E-state index >= 15 is 0 Å². The number of β-lactam (4-membered cyclic amide) rings is 1. The van der Waals surface area contributed by atoms with Gasteiger partial charge in [-0.25, -0.2) is 9.78 Å². The third-order valence-electron chi connectivity index (χ3n) is 4.07. The fraction of sp³-hybridized carbons (Fsp3) is 0.353. The number of thiazole rings is 1. The minimum Gasteiger partial charge on any atom is -0.477 e. The predicted octanol–water partition coefficient (Wildman–Crippen LogP) is 0.779. The summed E-state index contributed by atoms with van der Waals surface area (Å²) in [4.78, 5) is 47.4. The van der Waals surface area contributed by atoms with Crippen molar-refractivity contribution >= 4 is 51.7 Å². The number of carbonyl (C=O) groups excluding carboxylic acids is 2. The van der Waals surface area contributed by atoms with Gasteiger partial charge >= 0.3 is 5.97 Å². The molecule has 2 amide bonds. The molecule has 10 nitrogen and oxygen atoms in total. The van der Waals surface area contributed by atoms with Crippen molar-refractivity contribution in [3.63, 3.8) is 0 Å². The fourth-order valence-corrected chi connectivity index (χ4v) is 4.66. The van der Waals surface area contributed by atoms with E-state index in [9.17, 15) is 19.5 Å². The summed E-state index contributed by atoms with van der Waals surface area (Å²) in [5, 5.41) is 17.2. The number of nitrogens with zero attached hydrogens (tertiary/aromatic N) is 3. The number of nitrogens with one attached hydrogen (secondary N) is 1. The number of allylic oxidation sites excluding steroid dienone is 1. The lowest BCUT2D eigenvalue weighted by Crippen LogP contribution is -2.71. The highest BCUT2D eigenvalue weighted by molar-refractivity contribution is 8.00. The van der Waals surface area contributed by atoms with Gasteiger partial charge in [0, 0.05) is 11.1 Å². The van der Waals surface area contributed by atoms with Gasteiger partial charge in [-0.1, -0.05) is 17.8 Å². The molecule has 1 fully saturated rings. The monoisotopic (exact) mass is 437 g/mol. The van der Waals surface area contributed by atoms with Crippen molar-refractivity contribution in [2.75, 3.05) is 11.5 Å². The summed E-state index contributed by atoms with van der Waals surface area (Å²) >= 11 is 2.48. The van der Waals surface area contributed by atoms with E-state index in [1.807, 2.05) is 0 Å². The van der Waals surface area contributed by atoms with Crippen LogP contribution < -0.4 is 11.1 Å². The first kappa shape index (κ1) is 20.9. The van der Waals surface area contributed by atoms with Crippen molar-refractivity contribution in [3.8, 4) is 0 Å². The van der Waals surface area contributed by atoms with E-state index in [2.05, 4.69) is 22.0 Å². The highest BCUT2D eigenvalue weighted by Gasteiger charge is 2.54. The maximum absolute atomic E-state index is 12.8. The van der Waals surface area contributed by atoms with Gasteiger partial charge in [0.1, 0.15) is 28.9 Å². The smallest absolute Gasteiger partial charge is 0.352 e. The summed E-state index contributed by atoms with van der Waals surface area (Å²) in [5.41, 5.74) is 6.11. The highest BCUT2D eigenvalue weighted by atomic mass is 32.2. The zero-order chi connectivity index (χ0) is 21.3. The van der Waals surface area contributed by atoms with Gasteiger partial charge in [-0.15, -0.1) is 23.1 Å². The summed E-state index contributed by atoms with van der Waals surface area (Å²) < 4.78 is 0. The minimum absolute atomic E-state index is 0.108. The fourth-order valence-electron chi connectivity index (χ4n) is 2.77. The standard InChI is InChI=1S/C17H19N5O5S2/c1-4-8-5-28-15-11(14(24)22(15)12(8)16(25)26)20-13(23)10(21-27-7(2)3)9-6-29-17(18)19-9/h4,6-7,11,15H,1,5H2,2-3H3,(H2,18,19)(H,20,23)(H,25,26)/t11?,15-/m1/s1. The Balaban J connectivity index is 1.81. The molecule has 3 heterocycles. The summed E-state index contributed by atoms with van der Waals surface area (Å²) in [5.74, 6) is -2.03. The second kappa shape index (κ2) is 8.25. The van der Waals surface area contributed by atoms with Crippen LogP contribution in [0.3, 0.4) is 0 Å². The second-order valence-corrected chi connectivity index (χ2v) is 8.40. The molecule has 2 aliphatic heterocycles. The van der Waals surface area contributed by atoms with Crippen LogP contribution in [0.25, 0.3) is 0 Å². The number of aromatic nitrogens is 1. The van der Waals surface area contributed by atoms with Crippen LogP contribution in [0.5, 0.6) is 0 Å². The van der Waals surface area contributed by atoms with Crippen LogP contribution in [0.1, 0.15) is 19.5 Å². The Morgan fingerprint density at radius 2 is 2.28 bits per heavy atom. The van der Waals surface area contributed by atoms with Gasteiger partial charge in [-0.05, 0) is 19.4 Å². The number of oxime groups is 1. The molecule has 0 bridgehead atoms. The predicted molar refractivity (Wildman–Crippen MR) is 109 cm³/mol. The first-order valence-electron chi connectivity index (χ1n) is 8.54. The lowest BCUT2D eigenvalue weighted by atomic mass is 10.0. The Morgan fingerprint density at radius 1 is 1.55 bits per heavy atom. The van der Waals surface area contributed by atoms with Crippen molar-refractivity contribution in [3.05, 3.63) is 35.0 Å². The molecule has 1 saturated heterocycles. The van der Waals surface area contributed by atoms with Crippen molar-refractivity contribution in [1.29, 1.82) is 0 Å². The van der Waals surface area contributed by atoms with Gasteiger partial charge in [0.25, 0.3) is 11.8 Å². The SMILES string of the molecule is C=CC1=C(C(=O)O)N2C(=O)C(NC(=O)C(=NOC(C)C)c3csc(N)n3)[C@H]2SC1. The summed E-state index contributed by atoms with van der Waals surface area (Å²) in [6.07, 6.45) is 1.15. The average Bonchev–Trinajstić information content (AvgIpc) is 3.10.